The molecule has 148 valence electrons. The van der Waals surface area contributed by atoms with Crippen LogP contribution < -0.4 is 9.47 Å². The Bertz CT molecular complexity index is 1110. The molecule has 0 bridgehead atoms. The zero-order valence-electron chi connectivity index (χ0n) is 15.5. The van der Waals surface area contributed by atoms with E-state index in [9.17, 15) is 19.7 Å². The second kappa shape index (κ2) is 8.39. The lowest BCUT2D eigenvalue weighted by Crippen LogP contribution is -2.16. The van der Waals surface area contributed by atoms with E-state index in [1.54, 1.807) is 0 Å². The van der Waals surface area contributed by atoms with Gasteiger partial charge in [-0.25, -0.2) is 4.79 Å². The quantitative estimate of drug-likeness (QED) is 0.203. The van der Waals surface area contributed by atoms with E-state index in [1.807, 2.05) is 42.5 Å². The third-order valence-electron chi connectivity index (χ3n) is 4.35. The summed E-state index contributed by atoms with van der Waals surface area (Å²) in [5.74, 6) is -2.31. The summed E-state index contributed by atoms with van der Waals surface area (Å²) in [4.78, 5) is 33.3. The van der Waals surface area contributed by atoms with Gasteiger partial charge in [-0.1, -0.05) is 30.3 Å². The summed E-state index contributed by atoms with van der Waals surface area (Å²) >= 11 is 0. The largest absolute Gasteiger partial charge is 0.490 e. The summed E-state index contributed by atoms with van der Waals surface area (Å²) in [6.45, 7) is 1.48. The highest BCUT2D eigenvalue weighted by atomic mass is 16.6. The summed E-state index contributed by atoms with van der Waals surface area (Å²) < 4.78 is 11.1. The van der Waals surface area contributed by atoms with Crippen LogP contribution in [0.5, 0.6) is 11.5 Å². The highest BCUT2D eigenvalue weighted by Crippen LogP contribution is 2.33. The Morgan fingerprint density at radius 2 is 1.69 bits per heavy atom. The van der Waals surface area contributed by atoms with E-state index in [0.29, 0.717) is 5.75 Å². The van der Waals surface area contributed by atoms with Gasteiger partial charge in [0.2, 0.25) is 0 Å². The summed E-state index contributed by atoms with van der Waals surface area (Å²) in [6.07, 6.45) is 0. The van der Waals surface area contributed by atoms with E-state index < -0.39 is 22.4 Å². The number of carboxylic acid groups (broad SMARTS) is 1. The fourth-order valence-corrected chi connectivity index (χ4v) is 2.95. The van der Waals surface area contributed by atoms with Gasteiger partial charge in [-0.15, -0.1) is 0 Å². The fourth-order valence-electron chi connectivity index (χ4n) is 2.95. The van der Waals surface area contributed by atoms with Gasteiger partial charge in [-0.05, 0) is 42.0 Å². The third kappa shape index (κ3) is 4.32. The van der Waals surface area contributed by atoms with Crippen molar-refractivity contribution in [2.24, 2.45) is 0 Å². The number of benzene rings is 3. The van der Waals surface area contributed by atoms with E-state index >= 15 is 0 Å². The maximum absolute atomic E-state index is 11.7. The van der Waals surface area contributed by atoms with Crippen LogP contribution in [0.3, 0.4) is 0 Å². The molecule has 0 saturated carbocycles. The molecule has 0 atom stereocenters. The van der Waals surface area contributed by atoms with E-state index in [4.69, 9.17) is 14.6 Å². The minimum atomic E-state index is -1.68. The number of nitro groups is 1. The van der Waals surface area contributed by atoms with Crippen molar-refractivity contribution in [3.05, 3.63) is 75.8 Å². The third-order valence-corrected chi connectivity index (χ3v) is 4.35. The Labute approximate surface area is 165 Å². The Hall–Kier alpha value is -3.94. The second-order valence-corrected chi connectivity index (χ2v) is 6.18. The van der Waals surface area contributed by atoms with Crippen molar-refractivity contribution in [3.63, 3.8) is 0 Å². The molecule has 0 radical (unpaired) electrons. The molecule has 29 heavy (non-hydrogen) atoms. The number of carboxylic acids is 1. The van der Waals surface area contributed by atoms with Crippen LogP contribution in [0, 0.1) is 17.0 Å². The average Bonchev–Trinajstić information content (AvgIpc) is 2.70. The van der Waals surface area contributed by atoms with Crippen molar-refractivity contribution < 1.29 is 29.1 Å². The van der Waals surface area contributed by atoms with Crippen molar-refractivity contribution in [2.75, 3.05) is 13.2 Å². The van der Waals surface area contributed by atoms with Crippen LogP contribution in [0.1, 0.15) is 15.9 Å². The maximum atomic E-state index is 11.7. The molecule has 0 aliphatic heterocycles. The molecular weight excluding hydrogens is 378 g/mol. The van der Waals surface area contributed by atoms with Gasteiger partial charge >= 0.3 is 11.7 Å². The number of nitro benzene ring substituents is 1. The molecule has 0 amide bonds. The van der Waals surface area contributed by atoms with E-state index in [2.05, 4.69) is 0 Å². The van der Waals surface area contributed by atoms with Crippen LogP contribution in [0.25, 0.3) is 10.8 Å². The first-order chi connectivity index (χ1) is 13.9. The van der Waals surface area contributed by atoms with Gasteiger partial charge in [0.15, 0.2) is 5.75 Å². The van der Waals surface area contributed by atoms with Gasteiger partial charge in [0, 0.05) is 11.1 Å². The van der Waals surface area contributed by atoms with Crippen molar-refractivity contribution >= 4 is 28.2 Å². The Kier molecular flexibility index (Phi) is 5.73. The maximum Gasteiger partial charge on any atom is 0.377 e. The summed E-state index contributed by atoms with van der Waals surface area (Å²) in [5, 5.41) is 22.3. The molecule has 0 aromatic heterocycles. The molecule has 3 aromatic rings. The van der Waals surface area contributed by atoms with Crippen molar-refractivity contribution in [1.29, 1.82) is 0 Å². The number of ether oxygens (including phenoxy) is 2. The molecule has 0 fully saturated rings. The number of fused-ring (bicyclic) bond motifs is 1. The van der Waals surface area contributed by atoms with Crippen LogP contribution in [0.4, 0.5) is 5.69 Å². The lowest BCUT2D eigenvalue weighted by atomic mass is 10.0. The number of carbonyl (C=O) groups excluding carboxylic acids is 1. The number of nitrogens with zero attached hydrogens (tertiary/aromatic N) is 1. The molecule has 0 saturated heterocycles. The Morgan fingerprint density at radius 1 is 1.00 bits per heavy atom. The molecule has 1 N–H and O–H groups in total. The summed E-state index contributed by atoms with van der Waals surface area (Å²) in [6, 6.07) is 15.9. The van der Waals surface area contributed by atoms with Crippen molar-refractivity contribution in [1.82, 2.24) is 0 Å². The zero-order valence-corrected chi connectivity index (χ0v) is 15.5. The molecular formula is C21H17NO7. The topological polar surface area (TPSA) is 116 Å². The molecule has 0 spiro atoms. The SMILES string of the molecule is Cc1c(C(=O)C(=O)O)ccc(OCCOc2ccc3ccccc3c2)c1[N+](=O)[O-]. The smallest absolute Gasteiger partial charge is 0.377 e. The predicted molar refractivity (Wildman–Crippen MR) is 105 cm³/mol. The number of Topliss-reactive ketones (excluding diaryl/α,β-unsaturated/α-hetero) is 1. The van der Waals surface area contributed by atoms with Crippen LogP contribution in [0.2, 0.25) is 0 Å². The monoisotopic (exact) mass is 395 g/mol. The highest BCUT2D eigenvalue weighted by molar-refractivity contribution is 6.40. The first-order valence-corrected chi connectivity index (χ1v) is 8.68. The minimum absolute atomic E-state index is 0.0271. The standard InChI is InChI=1S/C21H17NO7/c1-13-17(20(23)21(24)25)8-9-18(19(13)22(26)27)29-11-10-28-16-7-6-14-4-2-3-5-15(14)12-16/h2-9,12H,10-11H2,1H3,(H,24,25). The molecule has 8 nitrogen and oxygen atoms in total. The molecule has 0 aliphatic rings. The number of rotatable bonds is 8. The highest BCUT2D eigenvalue weighted by Gasteiger charge is 2.27. The van der Waals surface area contributed by atoms with Gasteiger partial charge in [0.05, 0.1) is 4.92 Å². The lowest BCUT2D eigenvalue weighted by molar-refractivity contribution is -0.386. The van der Waals surface area contributed by atoms with Crippen molar-refractivity contribution in [3.8, 4) is 11.5 Å². The van der Waals surface area contributed by atoms with Crippen molar-refractivity contribution in [2.45, 2.75) is 6.92 Å². The number of carbonyl (C=O) groups is 2. The normalized spacial score (nSPS) is 10.5. The van der Waals surface area contributed by atoms with Gasteiger partial charge in [0.25, 0.3) is 5.78 Å². The van der Waals surface area contributed by atoms with E-state index in [0.717, 1.165) is 10.8 Å². The fraction of sp³-hybridized carbons (Fsp3) is 0.143. The summed E-state index contributed by atoms with van der Waals surface area (Å²) in [7, 11) is 0. The number of hydrogen-bond acceptors (Lipinski definition) is 6. The molecule has 3 rings (SSSR count). The molecule has 0 aliphatic carbocycles. The molecule has 3 aromatic carbocycles. The Morgan fingerprint density at radius 3 is 2.38 bits per heavy atom. The van der Waals surface area contributed by atoms with Crippen LogP contribution in [0.15, 0.2) is 54.6 Å². The minimum Gasteiger partial charge on any atom is -0.490 e. The summed E-state index contributed by atoms with van der Waals surface area (Å²) in [5.41, 5.74) is -0.748. The van der Waals surface area contributed by atoms with Gasteiger partial charge in [-0.2, -0.15) is 0 Å². The number of hydrogen-bond donors (Lipinski definition) is 1. The van der Waals surface area contributed by atoms with Crippen LogP contribution in [-0.4, -0.2) is 35.0 Å². The first-order valence-electron chi connectivity index (χ1n) is 8.68. The number of ketones is 1. The van der Waals surface area contributed by atoms with Crippen LogP contribution in [-0.2, 0) is 4.79 Å². The van der Waals surface area contributed by atoms with E-state index in [-0.39, 0.29) is 30.1 Å². The number of aliphatic carboxylic acids is 1. The second-order valence-electron chi connectivity index (χ2n) is 6.18. The average molecular weight is 395 g/mol. The van der Waals surface area contributed by atoms with Gasteiger partial charge < -0.3 is 14.6 Å². The lowest BCUT2D eigenvalue weighted by Gasteiger charge is -2.11. The zero-order chi connectivity index (χ0) is 21.0. The van der Waals surface area contributed by atoms with E-state index in [1.165, 1.54) is 19.1 Å². The van der Waals surface area contributed by atoms with Crippen LogP contribution >= 0.6 is 0 Å². The van der Waals surface area contributed by atoms with Gasteiger partial charge in [-0.3, -0.25) is 14.9 Å². The van der Waals surface area contributed by atoms with Gasteiger partial charge in [0.1, 0.15) is 19.0 Å². The molecule has 8 heteroatoms. The predicted octanol–water partition coefficient (Wildman–Crippen LogP) is 3.78. The first kappa shape index (κ1) is 19.8. The Balaban J connectivity index is 1.69. The molecule has 0 unspecified atom stereocenters. The molecule has 0 heterocycles.